The van der Waals surface area contributed by atoms with Gasteiger partial charge in [0.1, 0.15) is 17.2 Å². The van der Waals surface area contributed by atoms with Crippen LogP contribution in [0.2, 0.25) is 0 Å². The summed E-state index contributed by atoms with van der Waals surface area (Å²) in [5.41, 5.74) is 5.47. The summed E-state index contributed by atoms with van der Waals surface area (Å²) in [6, 6.07) is 21.8. The van der Waals surface area contributed by atoms with Gasteiger partial charge in [-0.25, -0.2) is 19.3 Å². The van der Waals surface area contributed by atoms with Crippen LogP contribution in [-0.4, -0.2) is 19.9 Å². The maximum absolute atomic E-state index is 13.4. The maximum atomic E-state index is 13.4. The van der Waals surface area contributed by atoms with E-state index in [0.29, 0.717) is 17.2 Å². The number of para-hydroxylation sites is 4. The Labute approximate surface area is 148 Å². The number of H-pyrrole nitrogens is 1. The van der Waals surface area contributed by atoms with Crippen molar-refractivity contribution < 1.29 is 4.39 Å². The molecule has 0 amide bonds. The van der Waals surface area contributed by atoms with Gasteiger partial charge in [-0.15, -0.1) is 0 Å². The average Bonchev–Trinajstić information content (AvgIpc) is 3.12. The van der Waals surface area contributed by atoms with Gasteiger partial charge in [-0.1, -0.05) is 24.3 Å². The molecule has 5 rings (SSSR count). The number of benzene rings is 3. The highest BCUT2D eigenvalue weighted by Gasteiger charge is 2.16. The number of aromatic nitrogens is 4. The first-order chi connectivity index (χ1) is 12.8. The second kappa shape index (κ2) is 5.74. The lowest BCUT2D eigenvalue weighted by Crippen LogP contribution is -1.96. The van der Waals surface area contributed by atoms with Crippen molar-refractivity contribution in [1.82, 2.24) is 19.9 Å². The molecule has 0 saturated carbocycles. The summed E-state index contributed by atoms with van der Waals surface area (Å²) in [6.45, 7) is 0. The minimum absolute atomic E-state index is 0.284. The molecule has 5 aromatic rings. The van der Waals surface area contributed by atoms with Gasteiger partial charge in [0.2, 0.25) is 0 Å². The molecular weight excluding hydrogens is 327 g/mol. The number of rotatable bonds is 2. The SMILES string of the molecule is Fc1ccc(-c2nc3ccccc3nc2-c2nc3ccccc3[nH]2)cc1. The summed E-state index contributed by atoms with van der Waals surface area (Å²) in [5.74, 6) is 0.358. The van der Waals surface area contributed by atoms with Gasteiger partial charge < -0.3 is 4.98 Å². The van der Waals surface area contributed by atoms with Gasteiger partial charge in [-0.05, 0) is 48.5 Å². The Hall–Kier alpha value is -3.60. The van der Waals surface area contributed by atoms with E-state index in [1.165, 1.54) is 12.1 Å². The highest BCUT2D eigenvalue weighted by molar-refractivity contribution is 5.87. The number of aromatic amines is 1. The van der Waals surface area contributed by atoms with E-state index in [4.69, 9.17) is 9.97 Å². The molecule has 0 spiro atoms. The number of halogens is 1. The molecule has 0 aliphatic rings. The molecule has 4 nitrogen and oxygen atoms in total. The predicted octanol–water partition coefficient (Wildman–Crippen LogP) is 4.98. The third-order valence-electron chi connectivity index (χ3n) is 4.30. The zero-order valence-corrected chi connectivity index (χ0v) is 13.6. The Morgan fingerprint density at radius 1 is 0.615 bits per heavy atom. The molecule has 2 heterocycles. The van der Waals surface area contributed by atoms with Gasteiger partial charge in [-0.3, -0.25) is 0 Å². The minimum Gasteiger partial charge on any atom is -0.337 e. The third kappa shape index (κ3) is 2.41. The first-order valence-electron chi connectivity index (χ1n) is 8.26. The maximum Gasteiger partial charge on any atom is 0.159 e. The molecule has 0 aliphatic heterocycles. The lowest BCUT2D eigenvalue weighted by molar-refractivity contribution is 0.628. The van der Waals surface area contributed by atoms with E-state index in [0.717, 1.165) is 27.6 Å². The van der Waals surface area contributed by atoms with Crippen molar-refractivity contribution >= 4 is 22.1 Å². The first kappa shape index (κ1) is 14.7. The molecule has 2 aromatic heterocycles. The van der Waals surface area contributed by atoms with E-state index in [1.54, 1.807) is 12.1 Å². The van der Waals surface area contributed by atoms with Crippen LogP contribution in [0.15, 0.2) is 72.8 Å². The van der Waals surface area contributed by atoms with Crippen molar-refractivity contribution in [3.63, 3.8) is 0 Å². The zero-order valence-electron chi connectivity index (χ0n) is 13.6. The van der Waals surface area contributed by atoms with Gasteiger partial charge in [0.25, 0.3) is 0 Å². The van der Waals surface area contributed by atoms with Gasteiger partial charge in [0, 0.05) is 5.56 Å². The molecule has 1 N–H and O–H groups in total. The summed E-state index contributed by atoms with van der Waals surface area (Å²) >= 11 is 0. The second-order valence-electron chi connectivity index (χ2n) is 6.02. The zero-order chi connectivity index (χ0) is 17.5. The monoisotopic (exact) mass is 340 g/mol. The fraction of sp³-hybridized carbons (Fsp3) is 0. The molecule has 0 radical (unpaired) electrons. The molecule has 0 saturated heterocycles. The molecule has 26 heavy (non-hydrogen) atoms. The van der Waals surface area contributed by atoms with E-state index in [1.807, 2.05) is 48.5 Å². The van der Waals surface area contributed by atoms with Crippen LogP contribution in [-0.2, 0) is 0 Å². The lowest BCUT2D eigenvalue weighted by Gasteiger charge is -2.08. The minimum atomic E-state index is -0.284. The smallest absolute Gasteiger partial charge is 0.159 e. The number of imidazole rings is 1. The summed E-state index contributed by atoms with van der Waals surface area (Å²) in [6.07, 6.45) is 0. The van der Waals surface area contributed by atoms with Gasteiger partial charge in [0.05, 0.1) is 22.1 Å². The number of nitrogens with one attached hydrogen (secondary N) is 1. The van der Waals surface area contributed by atoms with E-state index in [2.05, 4.69) is 9.97 Å². The van der Waals surface area contributed by atoms with Crippen molar-refractivity contribution in [2.45, 2.75) is 0 Å². The van der Waals surface area contributed by atoms with Crippen LogP contribution in [0.25, 0.3) is 44.8 Å². The van der Waals surface area contributed by atoms with Crippen molar-refractivity contribution in [2.75, 3.05) is 0 Å². The predicted molar refractivity (Wildman–Crippen MR) is 100 cm³/mol. The van der Waals surface area contributed by atoms with Crippen LogP contribution >= 0.6 is 0 Å². The second-order valence-corrected chi connectivity index (χ2v) is 6.02. The van der Waals surface area contributed by atoms with Crippen LogP contribution in [0, 0.1) is 5.82 Å². The molecular formula is C21H13FN4. The summed E-state index contributed by atoms with van der Waals surface area (Å²) < 4.78 is 13.4. The Kier molecular flexibility index (Phi) is 3.25. The highest BCUT2D eigenvalue weighted by Crippen LogP contribution is 2.30. The van der Waals surface area contributed by atoms with Crippen molar-refractivity contribution in [3.05, 3.63) is 78.6 Å². The molecule has 0 atom stereocenters. The number of nitrogens with zero attached hydrogens (tertiary/aromatic N) is 3. The quantitative estimate of drug-likeness (QED) is 0.493. The van der Waals surface area contributed by atoms with E-state index in [9.17, 15) is 4.39 Å². The molecule has 0 aliphatic carbocycles. The fourth-order valence-electron chi connectivity index (χ4n) is 3.04. The van der Waals surface area contributed by atoms with E-state index >= 15 is 0 Å². The third-order valence-corrected chi connectivity index (χ3v) is 4.30. The highest BCUT2D eigenvalue weighted by atomic mass is 19.1. The Morgan fingerprint density at radius 3 is 1.92 bits per heavy atom. The van der Waals surface area contributed by atoms with Crippen molar-refractivity contribution in [2.24, 2.45) is 0 Å². The van der Waals surface area contributed by atoms with Crippen LogP contribution in [0.1, 0.15) is 0 Å². The molecule has 0 unspecified atom stereocenters. The standard InChI is InChI=1S/C21H13FN4/c22-14-11-9-13(10-12-14)19-20(24-16-6-2-1-5-15(16)23-19)21-25-17-7-3-4-8-18(17)26-21/h1-12H,(H,25,26). The van der Waals surface area contributed by atoms with Crippen LogP contribution < -0.4 is 0 Å². The lowest BCUT2D eigenvalue weighted by atomic mass is 10.1. The summed E-state index contributed by atoms with van der Waals surface area (Å²) in [4.78, 5) is 17.5. The number of hydrogen-bond acceptors (Lipinski definition) is 3. The average molecular weight is 340 g/mol. The molecule has 0 bridgehead atoms. The first-order valence-corrected chi connectivity index (χ1v) is 8.26. The molecule has 3 aromatic carbocycles. The summed E-state index contributed by atoms with van der Waals surface area (Å²) in [5, 5.41) is 0. The van der Waals surface area contributed by atoms with E-state index in [-0.39, 0.29) is 5.82 Å². The van der Waals surface area contributed by atoms with Crippen LogP contribution in [0.3, 0.4) is 0 Å². The number of fused-ring (bicyclic) bond motifs is 2. The normalized spacial score (nSPS) is 11.3. The fourth-order valence-corrected chi connectivity index (χ4v) is 3.04. The molecule has 0 fully saturated rings. The van der Waals surface area contributed by atoms with Crippen molar-refractivity contribution in [1.29, 1.82) is 0 Å². The van der Waals surface area contributed by atoms with Crippen LogP contribution in [0.4, 0.5) is 4.39 Å². The van der Waals surface area contributed by atoms with Gasteiger partial charge in [0.15, 0.2) is 5.82 Å². The Balaban J connectivity index is 1.81. The van der Waals surface area contributed by atoms with Gasteiger partial charge >= 0.3 is 0 Å². The topological polar surface area (TPSA) is 54.5 Å². The summed E-state index contributed by atoms with van der Waals surface area (Å²) in [7, 11) is 0. The van der Waals surface area contributed by atoms with E-state index < -0.39 is 0 Å². The largest absolute Gasteiger partial charge is 0.337 e. The van der Waals surface area contributed by atoms with Crippen molar-refractivity contribution in [3.8, 4) is 22.8 Å². The molecule has 5 heteroatoms. The number of hydrogen-bond donors (Lipinski definition) is 1. The van der Waals surface area contributed by atoms with Gasteiger partial charge in [-0.2, -0.15) is 0 Å². The van der Waals surface area contributed by atoms with Crippen LogP contribution in [0.5, 0.6) is 0 Å². The molecule has 124 valence electrons. The Bertz CT molecular complexity index is 1210. The Morgan fingerprint density at radius 2 is 1.23 bits per heavy atom.